The van der Waals surface area contributed by atoms with Crippen LogP contribution in [0.1, 0.15) is 36.0 Å². The molecule has 0 saturated carbocycles. The first-order valence-electron chi connectivity index (χ1n) is 9.81. The van der Waals surface area contributed by atoms with E-state index in [1.54, 1.807) is 29.2 Å². The molecule has 0 radical (unpaired) electrons. The smallest absolute Gasteiger partial charge is 0.252 e. The number of rotatable bonds is 6. The molecule has 31 heavy (non-hydrogen) atoms. The molecule has 5 nitrogen and oxygen atoms in total. The van der Waals surface area contributed by atoms with Crippen molar-refractivity contribution in [1.82, 2.24) is 10.2 Å². The van der Waals surface area contributed by atoms with Gasteiger partial charge in [0.05, 0.1) is 4.90 Å². The summed E-state index contributed by atoms with van der Waals surface area (Å²) in [5.74, 6) is -0.587. The van der Waals surface area contributed by atoms with Gasteiger partial charge in [-0.3, -0.25) is 9.69 Å². The number of carbonyl (C=O) groups is 1. The fourth-order valence-electron chi connectivity index (χ4n) is 3.45. The summed E-state index contributed by atoms with van der Waals surface area (Å²) in [4.78, 5) is 14.6. The molecule has 0 aromatic heterocycles. The van der Waals surface area contributed by atoms with E-state index in [2.05, 4.69) is 21.2 Å². The number of sulfone groups is 1. The summed E-state index contributed by atoms with van der Waals surface area (Å²) in [6.07, 6.45) is 3.71. The monoisotopic (exact) mass is 566 g/mol. The molecule has 1 saturated heterocycles. The van der Waals surface area contributed by atoms with Crippen molar-refractivity contribution < 1.29 is 13.2 Å². The normalized spacial score (nSPS) is 17.0. The summed E-state index contributed by atoms with van der Waals surface area (Å²) < 4.78 is 26.1. The number of amides is 1. The Kier molecular flexibility index (Phi) is 8.32. The van der Waals surface area contributed by atoms with Gasteiger partial charge in [-0.1, -0.05) is 63.6 Å². The number of nitrogens with one attached hydrogen (secondary N) is 1. The molecule has 0 aliphatic carbocycles. The molecule has 2 aromatic carbocycles. The van der Waals surface area contributed by atoms with Gasteiger partial charge in [0.1, 0.15) is 0 Å². The molecule has 0 bridgehead atoms. The Morgan fingerprint density at radius 3 is 2.06 bits per heavy atom. The highest BCUT2D eigenvalue weighted by Gasteiger charge is 2.49. The molecule has 10 heteroatoms. The van der Waals surface area contributed by atoms with Crippen LogP contribution in [0.25, 0.3) is 0 Å². The lowest BCUT2D eigenvalue weighted by Crippen LogP contribution is -2.59. The van der Waals surface area contributed by atoms with Gasteiger partial charge in [0.2, 0.25) is 14.3 Å². The lowest BCUT2D eigenvalue weighted by Gasteiger charge is -2.39. The van der Waals surface area contributed by atoms with Crippen LogP contribution in [0.15, 0.2) is 57.9 Å². The maximum absolute atomic E-state index is 13.6. The molecule has 1 aliphatic rings. The number of alkyl halides is 2. The van der Waals surface area contributed by atoms with Crippen molar-refractivity contribution in [2.45, 2.75) is 40.4 Å². The maximum atomic E-state index is 13.6. The summed E-state index contributed by atoms with van der Waals surface area (Å²) >= 11 is 22.7. The van der Waals surface area contributed by atoms with Crippen LogP contribution in [0.2, 0.25) is 5.02 Å². The second-order valence-corrected chi connectivity index (χ2v) is 12.1. The van der Waals surface area contributed by atoms with E-state index >= 15 is 0 Å². The summed E-state index contributed by atoms with van der Waals surface area (Å²) in [6, 6.07) is 12.3. The Morgan fingerprint density at radius 1 is 0.968 bits per heavy atom. The third kappa shape index (κ3) is 5.95. The third-order valence-corrected chi connectivity index (χ3v) is 9.13. The number of likely N-dealkylation sites (tertiary alicyclic amines) is 1. The van der Waals surface area contributed by atoms with Gasteiger partial charge in [-0.2, -0.15) is 0 Å². The summed E-state index contributed by atoms with van der Waals surface area (Å²) in [5, 5.41) is 1.38. The fraction of sp³-hybridized carbons (Fsp3) is 0.381. The highest BCUT2D eigenvalue weighted by Crippen LogP contribution is 2.37. The van der Waals surface area contributed by atoms with Crippen molar-refractivity contribution in [3.63, 3.8) is 0 Å². The molecule has 2 aromatic rings. The van der Waals surface area contributed by atoms with Crippen LogP contribution in [0.3, 0.4) is 0 Å². The summed E-state index contributed by atoms with van der Waals surface area (Å²) in [5.41, 5.74) is 0.291. The van der Waals surface area contributed by atoms with Gasteiger partial charge in [0, 0.05) is 28.1 Å². The number of halogens is 4. The average molecular weight is 569 g/mol. The molecule has 3 rings (SSSR count). The highest BCUT2D eigenvalue weighted by molar-refractivity contribution is 9.10. The van der Waals surface area contributed by atoms with E-state index in [0.717, 1.165) is 30.2 Å². The standard InChI is InChI=1S/C21H22BrCl3N2O3S/c22-16-7-5-15(6-8-16)19(28)26-20(21(24,25)27-13-3-1-2-4-14-27)31(29,30)18-11-9-17(23)10-12-18/h5-12,20H,1-4,13-14H2,(H,26,28). The molecule has 1 heterocycles. The van der Waals surface area contributed by atoms with Crippen LogP contribution in [-0.4, -0.2) is 42.1 Å². The first-order chi connectivity index (χ1) is 14.6. The Morgan fingerprint density at radius 2 is 1.52 bits per heavy atom. The van der Waals surface area contributed by atoms with Crippen LogP contribution in [0.4, 0.5) is 0 Å². The first-order valence-corrected chi connectivity index (χ1v) is 13.3. The molecular weight excluding hydrogens is 547 g/mol. The SMILES string of the molecule is O=C(NC(C(Cl)(Cl)N1CCCCCC1)S(=O)(=O)c1ccc(Cl)cc1)c1ccc(Br)cc1. The van der Waals surface area contributed by atoms with E-state index < -0.39 is 25.6 Å². The molecule has 1 atom stereocenters. The molecule has 1 aliphatic heterocycles. The Labute approximate surface area is 206 Å². The molecule has 1 unspecified atom stereocenters. The van der Waals surface area contributed by atoms with Gasteiger partial charge < -0.3 is 5.32 Å². The number of carbonyl (C=O) groups excluding carboxylic acids is 1. The Bertz CT molecular complexity index is 1010. The van der Waals surface area contributed by atoms with E-state index in [1.807, 2.05) is 0 Å². The van der Waals surface area contributed by atoms with E-state index in [0.29, 0.717) is 23.7 Å². The lowest BCUT2D eigenvalue weighted by atomic mass is 10.2. The fourth-order valence-corrected chi connectivity index (χ4v) is 6.56. The van der Waals surface area contributed by atoms with Crippen LogP contribution in [0, 0.1) is 0 Å². The van der Waals surface area contributed by atoms with Gasteiger partial charge in [-0.15, -0.1) is 0 Å². The summed E-state index contributed by atoms with van der Waals surface area (Å²) in [7, 11) is -4.15. The molecule has 1 fully saturated rings. The molecule has 1 N–H and O–H groups in total. The minimum atomic E-state index is -4.15. The minimum absolute atomic E-state index is 0.0292. The van der Waals surface area contributed by atoms with Crippen LogP contribution in [-0.2, 0) is 9.84 Å². The molecular formula is C21H22BrCl3N2O3S. The number of benzene rings is 2. The van der Waals surface area contributed by atoms with Crippen molar-refractivity contribution in [1.29, 1.82) is 0 Å². The summed E-state index contributed by atoms with van der Waals surface area (Å²) in [6.45, 7) is 1.07. The topological polar surface area (TPSA) is 66.5 Å². The van der Waals surface area contributed by atoms with E-state index in [-0.39, 0.29) is 4.90 Å². The predicted molar refractivity (Wildman–Crippen MR) is 129 cm³/mol. The molecule has 168 valence electrons. The Hall–Kier alpha value is -0.830. The van der Waals surface area contributed by atoms with E-state index in [9.17, 15) is 13.2 Å². The Balaban J connectivity index is 2.00. The van der Waals surface area contributed by atoms with E-state index in [4.69, 9.17) is 34.8 Å². The van der Waals surface area contributed by atoms with Gasteiger partial charge in [-0.25, -0.2) is 8.42 Å². The number of nitrogens with zero attached hydrogens (tertiary/aromatic N) is 1. The zero-order valence-corrected chi connectivity index (χ0v) is 21.2. The molecule has 0 spiro atoms. The quantitative estimate of drug-likeness (QED) is 0.362. The largest absolute Gasteiger partial charge is 0.332 e. The van der Waals surface area contributed by atoms with Crippen LogP contribution < -0.4 is 5.32 Å². The second-order valence-electron chi connectivity index (χ2n) is 7.35. The maximum Gasteiger partial charge on any atom is 0.252 e. The van der Waals surface area contributed by atoms with Crippen molar-refractivity contribution in [2.24, 2.45) is 0 Å². The van der Waals surface area contributed by atoms with E-state index in [1.165, 1.54) is 24.3 Å². The predicted octanol–water partition coefficient (Wildman–Crippen LogP) is 5.64. The van der Waals surface area contributed by atoms with Crippen molar-refractivity contribution >= 4 is 66.5 Å². The first kappa shape index (κ1) is 24.8. The van der Waals surface area contributed by atoms with Gasteiger partial charge >= 0.3 is 0 Å². The highest BCUT2D eigenvalue weighted by atomic mass is 79.9. The van der Waals surface area contributed by atoms with Crippen molar-refractivity contribution in [3.8, 4) is 0 Å². The second kappa shape index (κ2) is 10.4. The number of hydrogen-bond donors (Lipinski definition) is 1. The van der Waals surface area contributed by atoms with Crippen LogP contribution in [0.5, 0.6) is 0 Å². The van der Waals surface area contributed by atoms with Gasteiger partial charge in [-0.05, 0) is 61.4 Å². The molecule has 1 amide bonds. The van der Waals surface area contributed by atoms with Crippen LogP contribution >= 0.6 is 50.7 Å². The zero-order chi connectivity index (χ0) is 22.6. The van der Waals surface area contributed by atoms with Gasteiger partial charge in [0.25, 0.3) is 5.91 Å². The zero-order valence-electron chi connectivity index (χ0n) is 16.5. The van der Waals surface area contributed by atoms with Crippen molar-refractivity contribution in [2.75, 3.05) is 13.1 Å². The number of hydrogen-bond acceptors (Lipinski definition) is 4. The van der Waals surface area contributed by atoms with Crippen molar-refractivity contribution in [3.05, 3.63) is 63.6 Å². The average Bonchev–Trinajstić information content (AvgIpc) is 3.02. The lowest BCUT2D eigenvalue weighted by molar-refractivity contribution is 0.0928. The minimum Gasteiger partial charge on any atom is -0.332 e. The third-order valence-electron chi connectivity index (χ3n) is 5.16. The van der Waals surface area contributed by atoms with Gasteiger partial charge in [0.15, 0.2) is 5.37 Å².